The number of aromatic nitrogens is 2. The van der Waals surface area contributed by atoms with Gasteiger partial charge in [0, 0.05) is 11.8 Å². The maximum atomic E-state index is 13.2. The topological polar surface area (TPSA) is 34.9 Å². The first kappa shape index (κ1) is 13.7. The first-order chi connectivity index (χ1) is 10.1. The lowest BCUT2D eigenvalue weighted by atomic mass is 10.1. The molecule has 0 aliphatic rings. The Morgan fingerprint density at radius 1 is 1.10 bits per heavy atom. The van der Waals surface area contributed by atoms with E-state index in [4.69, 9.17) is 0 Å². The predicted octanol–water partition coefficient (Wildman–Crippen LogP) is 4.00. The van der Waals surface area contributed by atoms with Crippen LogP contribution < -0.4 is 0 Å². The van der Waals surface area contributed by atoms with E-state index in [9.17, 15) is 9.18 Å². The minimum absolute atomic E-state index is 0.196. The van der Waals surface area contributed by atoms with Crippen LogP contribution in [0, 0.1) is 5.82 Å². The van der Waals surface area contributed by atoms with Crippen LogP contribution in [0.5, 0.6) is 0 Å². The van der Waals surface area contributed by atoms with Crippen molar-refractivity contribution in [2.45, 2.75) is 0 Å². The van der Waals surface area contributed by atoms with Crippen LogP contribution in [-0.4, -0.2) is 15.6 Å². The molecule has 1 aromatic heterocycles. The standard InChI is InChI=1S/C16H10BrFN2O/c17-14-8-11(6-7-15(14)18)16(21)12-9-19-20(10-12)13-4-2-1-3-5-13/h1-10H. The van der Waals surface area contributed by atoms with Crippen molar-refractivity contribution in [2.24, 2.45) is 0 Å². The fourth-order valence-corrected chi connectivity index (χ4v) is 2.34. The Morgan fingerprint density at radius 3 is 2.57 bits per heavy atom. The molecule has 3 aromatic rings. The molecule has 2 aromatic carbocycles. The fraction of sp³-hybridized carbons (Fsp3) is 0. The van der Waals surface area contributed by atoms with Crippen LogP contribution >= 0.6 is 15.9 Å². The lowest BCUT2D eigenvalue weighted by molar-refractivity contribution is 0.103. The molecule has 1 heterocycles. The van der Waals surface area contributed by atoms with Crippen molar-refractivity contribution in [3.8, 4) is 5.69 Å². The quantitative estimate of drug-likeness (QED) is 0.673. The summed E-state index contributed by atoms with van der Waals surface area (Å²) in [7, 11) is 0. The fourth-order valence-electron chi connectivity index (χ4n) is 1.97. The summed E-state index contributed by atoms with van der Waals surface area (Å²) in [6, 6.07) is 13.7. The number of halogens is 2. The molecule has 21 heavy (non-hydrogen) atoms. The molecule has 0 saturated heterocycles. The van der Waals surface area contributed by atoms with E-state index in [0.717, 1.165) is 5.69 Å². The van der Waals surface area contributed by atoms with E-state index in [2.05, 4.69) is 21.0 Å². The molecule has 0 radical (unpaired) electrons. The third-order valence-electron chi connectivity index (χ3n) is 3.05. The van der Waals surface area contributed by atoms with Gasteiger partial charge in [-0.15, -0.1) is 0 Å². The van der Waals surface area contributed by atoms with E-state index in [0.29, 0.717) is 11.1 Å². The molecular weight excluding hydrogens is 335 g/mol. The molecule has 3 rings (SSSR count). The van der Waals surface area contributed by atoms with Gasteiger partial charge in [0.25, 0.3) is 0 Å². The highest BCUT2D eigenvalue weighted by Crippen LogP contribution is 2.19. The molecular formula is C16H10BrFN2O. The van der Waals surface area contributed by atoms with Crippen molar-refractivity contribution in [1.29, 1.82) is 0 Å². The van der Waals surface area contributed by atoms with Crippen molar-refractivity contribution >= 4 is 21.7 Å². The van der Waals surface area contributed by atoms with Crippen molar-refractivity contribution in [3.05, 3.63) is 82.3 Å². The van der Waals surface area contributed by atoms with E-state index in [1.807, 2.05) is 30.3 Å². The summed E-state index contributed by atoms with van der Waals surface area (Å²) in [5.41, 5.74) is 1.74. The summed E-state index contributed by atoms with van der Waals surface area (Å²) in [4.78, 5) is 12.4. The third kappa shape index (κ3) is 2.78. The molecule has 0 atom stereocenters. The molecule has 104 valence electrons. The first-order valence-electron chi connectivity index (χ1n) is 6.25. The number of carbonyl (C=O) groups excluding carboxylic acids is 1. The smallest absolute Gasteiger partial charge is 0.196 e. The van der Waals surface area contributed by atoms with Crippen LogP contribution in [-0.2, 0) is 0 Å². The second kappa shape index (κ2) is 5.61. The second-order valence-corrected chi connectivity index (χ2v) is 5.32. The molecule has 0 fully saturated rings. The summed E-state index contributed by atoms with van der Waals surface area (Å²) in [5, 5.41) is 4.18. The number of rotatable bonds is 3. The minimum Gasteiger partial charge on any atom is -0.288 e. The monoisotopic (exact) mass is 344 g/mol. The van der Waals surface area contributed by atoms with E-state index >= 15 is 0 Å². The van der Waals surface area contributed by atoms with Crippen LogP contribution in [0.3, 0.4) is 0 Å². The average molecular weight is 345 g/mol. The zero-order chi connectivity index (χ0) is 14.8. The van der Waals surface area contributed by atoms with Crippen LogP contribution in [0.4, 0.5) is 4.39 Å². The highest BCUT2D eigenvalue weighted by molar-refractivity contribution is 9.10. The second-order valence-electron chi connectivity index (χ2n) is 4.47. The van der Waals surface area contributed by atoms with Gasteiger partial charge in [-0.05, 0) is 46.3 Å². The van der Waals surface area contributed by atoms with E-state index < -0.39 is 5.82 Å². The molecule has 3 nitrogen and oxygen atoms in total. The van der Waals surface area contributed by atoms with Crippen LogP contribution in [0.1, 0.15) is 15.9 Å². The van der Waals surface area contributed by atoms with Gasteiger partial charge in [0.1, 0.15) is 5.82 Å². The lowest BCUT2D eigenvalue weighted by Crippen LogP contribution is -2.00. The molecule has 0 unspecified atom stereocenters. The Kier molecular flexibility index (Phi) is 3.66. The van der Waals surface area contributed by atoms with Gasteiger partial charge in [-0.25, -0.2) is 9.07 Å². The SMILES string of the molecule is O=C(c1ccc(F)c(Br)c1)c1cnn(-c2ccccc2)c1. The normalized spacial score (nSPS) is 10.6. The molecule has 0 aliphatic heterocycles. The van der Waals surface area contributed by atoms with E-state index in [1.165, 1.54) is 24.4 Å². The van der Waals surface area contributed by atoms with Gasteiger partial charge in [0.15, 0.2) is 5.78 Å². The summed E-state index contributed by atoms with van der Waals surface area (Å²) in [6.07, 6.45) is 3.17. The molecule has 0 bridgehead atoms. The molecule has 0 saturated carbocycles. The Hall–Kier alpha value is -2.27. The largest absolute Gasteiger partial charge is 0.288 e. The first-order valence-corrected chi connectivity index (χ1v) is 7.04. The van der Waals surface area contributed by atoms with E-state index in [1.54, 1.807) is 10.9 Å². The summed E-state index contributed by atoms with van der Waals surface area (Å²) < 4.78 is 15.1. The van der Waals surface area contributed by atoms with Gasteiger partial charge in [0.2, 0.25) is 0 Å². The number of ketones is 1. The molecule has 0 N–H and O–H groups in total. The van der Waals surface area contributed by atoms with Gasteiger partial charge >= 0.3 is 0 Å². The van der Waals surface area contributed by atoms with E-state index in [-0.39, 0.29) is 10.3 Å². The molecule has 5 heteroatoms. The van der Waals surface area contributed by atoms with Gasteiger partial charge in [-0.2, -0.15) is 5.10 Å². The minimum atomic E-state index is -0.397. The zero-order valence-corrected chi connectivity index (χ0v) is 12.4. The number of para-hydroxylation sites is 1. The highest BCUT2D eigenvalue weighted by atomic mass is 79.9. The van der Waals surface area contributed by atoms with Gasteiger partial charge in [-0.1, -0.05) is 18.2 Å². The van der Waals surface area contributed by atoms with Crippen molar-refractivity contribution < 1.29 is 9.18 Å². The Morgan fingerprint density at radius 2 is 1.86 bits per heavy atom. The summed E-state index contributed by atoms with van der Waals surface area (Å²) in [5.74, 6) is -0.593. The summed E-state index contributed by atoms with van der Waals surface area (Å²) >= 11 is 3.08. The Bertz CT molecular complexity index is 799. The maximum absolute atomic E-state index is 13.2. The Balaban J connectivity index is 1.92. The molecule has 0 amide bonds. The van der Waals surface area contributed by atoms with Gasteiger partial charge < -0.3 is 0 Å². The summed E-state index contributed by atoms with van der Waals surface area (Å²) in [6.45, 7) is 0. The molecule has 0 spiro atoms. The van der Waals surface area contributed by atoms with Gasteiger partial charge in [0.05, 0.1) is 21.9 Å². The van der Waals surface area contributed by atoms with Crippen molar-refractivity contribution in [3.63, 3.8) is 0 Å². The lowest BCUT2D eigenvalue weighted by Gasteiger charge is -2.01. The predicted molar refractivity (Wildman–Crippen MR) is 81.1 cm³/mol. The van der Waals surface area contributed by atoms with Gasteiger partial charge in [-0.3, -0.25) is 4.79 Å². The number of hydrogen-bond acceptors (Lipinski definition) is 2. The maximum Gasteiger partial charge on any atom is 0.196 e. The van der Waals surface area contributed by atoms with Crippen LogP contribution in [0.15, 0.2) is 65.4 Å². The number of nitrogens with zero attached hydrogens (tertiary/aromatic N) is 2. The highest BCUT2D eigenvalue weighted by Gasteiger charge is 2.13. The van der Waals surface area contributed by atoms with Crippen molar-refractivity contribution in [1.82, 2.24) is 9.78 Å². The molecule has 0 aliphatic carbocycles. The average Bonchev–Trinajstić information content (AvgIpc) is 3.00. The number of carbonyl (C=O) groups is 1. The van der Waals surface area contributed by atoms with Crippen LogP contribution in [0.25, 0.3) is 5.69 Å². The number of hydrogen-bond donors (Lipinski definition) is 0. The Labute approximate surface area is 129 Å². The number of benzene rings is 2. The van der Waals surface area contributed by atoms with Crippen LogP contribution in [0.2, 0.25) is 0 Å². The van der Waals surface area contributed by atoms with Crippen molar-refractivity contribution in [2.75, 3.05) is 0 Å². The zero-order valence-electron chi connectivity index (χ0n) is 10.8. The third-order valence-corrected chi connectivity index (χ3v) is 3.66.